The van der Waals surface area contributed by atoms with E-state index >= 15 is 0 Å². The molecule has 0 aliphatic rings. The Labute approximate surface area is 118 Å². The van der Waals surface area contributed by atoms with Gasteiger partial charge in [0.1, 0.15) is 5.75 Å². The Morgan fingerprint density at radius 2 is 2.00 bits per heavy atom. The van der Waals surface area contributed by atoms with Crippen LogP contribution in [-0.2, 0) is 6.54 Å². The minimum atomic E-state index is -0.0908. The van der Waals surface area contributed by atoms with Gasteiger partial charge in [-0.3, -0.25) is 4.79 Å². The number of methoxy groups -OCH3 is 1. The predicted molar refractivity (Wildman–Crippen MR) is 81.3 cm³/mol. The number of hydrogen-bond donors (Lipinski definition) is 1. The molecule has 2 N–H and O–H groups in total. The van der Waals surface area contributed by atoms with Crippen LogP contribution in [0.5, 0.6) is 5.75 Å². The van der Waals surface area contributed by atoms with Crippen LogP contribution in [-0.4, -0.2) is 11.7 Å². The number of nitrogen functional groups attached to an aromatic ring is 1. The average Bonchev–Trinajstić information content (AvgIpc) is 2.41. The topological polar surface area (TPSA) is 57.2 Å². The Bertz CT molecular complexity index is 660. The smallest absolute Gasteiger partial charge is 0.252 e. The van der Waals surface area contributed by atoms with Crippen molar-refractivity contribution in [2.24, 2.45) is 0 Å². The average molecular weight is 272 g/mol. The summed E-state index contributed by atoms with van der Waals surface area (Å²) < 4.78 is 7.01. The Kier molecular flexibility index (Phi) is 4.13. The summed E-state index contributed by atoms with van der Waals surface area (Å²) in [6.45, 7) is 4.77. The lowest BCUT2D eigenvalue weighted by Crippen LogP contribution is -2.19. The molecule has 0 saturated heterocycles. The van der Waals surface area contributed by atoms with Crippen molar-refractivity contribution in [3.8, 4) is 5.75 Å². The maximum atomic E-state index is 11.8. The Balaban J connectivity index is 2.34. The van der Waals surface area contributed by atoms with Crippen molar-refractivity contribution >= 4 is 5.69 Å². The van der Waals surface area contributed by atoms with Crippen LogP contribution in [0.3, 0.4) is 0 Å². The summed E-state index contributed by atoms with van der Waals surface area (Å²) in [6, 6.07) is 9.19. The summed E-state index contributed by atoms with van der Waals surface area (Å²) in [7, 11) is 1.67. The van der Waals surface area contributed by atoms with Crippen molar-refractivity contribution in [1.29, 1.82) is 0 Å². The standard InChI is InChI=1S/C16H20N2O2/c1-11(2)14-8-12(4-5-15(14)20-3)10-18-7-6-13(17)9-16(18)19/h4-9,11H,10,17H2,1-3H3. The van der Waals surface area contributed by atoms with Gasteiger partial charge in [0.15, 0.2) is 0 Å². The van der Waals surface area contributed by atoms with Crippen molar-refractivity contribution in [2.45, 2.75) is 26.3 Å². The number of nitrogens with zero attached hydrogens (tertiary/aromatic N) is 1. The van der Waals surface area contributed by atoms with Crippen molar-refractivity contribution in [1.82, 2.24) is 4.57 Å². The van der Waals surface area contributed by atoms with Gasteiger partial charge in [0.05, 0.1) is 13.7 Å². The summed E-state index contributed by atoms with van der Waals surface area (Å²) >= 11 is 0. The van der Waals surface area contributed by atoms with E-state index in [4.69, 9.17) is 10.5 Å². The third-order valence-electron chi connectivity index (χ3n) is 3.29. The van der Waals surface area contributed by atoms with Gasteiger partial charge in [-0.25, -0.2) is 0 Å². The molecule has 0 atom stereocenters. The fourth-order valence-electron chi connectivity index (χ4n) is 2.18. The van der Waals surface area contributed by atoms with Crippen LogP contribution in [0.15, 0.2) is 41.3 Å². The van der Waals surface area contributed by atoms with Crippen LogP contribution in [0.2, 0.25) is 0 Å². The Morgan fingerprint density at radius 3 is 2.60 bits per heavy atom. The first kappa shape index (κ1) is 14.2. The molecule has 1 aromatic heterocycles. The van der Waals surface area contributed by atoms with E-state index in [1.807, 2.05) is 12.1 Å². The molecule has 1 aromatic carbocycles. The maximum Gasteiger partial charge on any atom is 0.252 e. The third kappa shape index (κ3) is 3.02. The predicted octanol–water partition coefficient (Wildman–Crippen LogP) is 2.61. The summed E-state index contributed by atoms with van der Waals surface area (Å²) in [5, 5.41) is 0. The highest BCUT2D eigenvalue weighted by Gasteiger charge is 2.09. The van der Waals surface area contributed by atoms with Crippen molar-refractivity contribution < 1.29 is 4.74 Å². The van der Waals surface area contributed by atoms with Gasteiger partial charge in [-0.15, -0.1) is 0 Å². The van der Waals surface area contributed by atoms with Gasteiger partial charge >= 0.3 is 0 Å². The zero-order valence-corrected chi connectivity index (χ0v) is 12.1. The quantitative estimate of drug-likeness (QED) is 0.930. The summed E-state index contributed by atoms with van der Waals surface area (Å²) in [6.07, 6.45) is 1.72. The number of pyridine rings is 1. The summed E-state index contributed by atoms with van der Waals surface area (Å²) in [4.78, 5) is 11.8. The number of ether oxygens (including phenoxy) is 1. The molecule has 0 aliphatic carbocycles. The van der Waals surface area contributed by atoms with Crippen LogP contribution < -0.4 is 16.0 Å². The second kappa shape index (κ2) is 5.82. The first-order valence-electron chi connectivity index (χ1n) is 6.64. The number of aromatic nitrogens is 1. The highest BCUT2D eigenvalue weighted by molar-refractivity contribution is 5.40. The molecule has 4 nitrogen and oxygen atoms in total. The number of anilines is 1. The molecule has 0 fully saturated rings. The lowest BCUT2D eigenvalue weighted by atomic mass is 9.99. The van der Waals surface area contributed by atoms with E-state index in [0.717, 1.165) is 16.9 Å². The fourth-order valence-corrected chi connectivity index (χ4v) is 2.18. The van der Waals surface area contributed by atoms with Crippen LogP contribution in [0.25, 0.3) is 0 Å². The molecule has 1 heterocycles. The highest BCUT2D eigenvalue weighted by Crippen LogP contribution is 2.27. The molecule has 20 heavy (non-hydrogen) atoms. The molecule has 0 amide bonds. The van der Waals surface area contributed by atoms with E-state index in [-0.39, 0.29) is 5.56 Å². The second-order valence-electron chi connectivity index (χ2n) is 5.16. The number of hydrogen-bond acceptors (Lipinski definition) is 3. The van der Waals surface area contributed by atoms with Gasteiger partial charge in [0.25, 0.3) is 5.56 Å². The Hall–Kier alpha value is -2.23. The molecule has 106 valence electrons. The van der Waals surface area contributed by atoms with E-state index in [1.54, 1.807) is 23.9 Å². The number of nitrogens with two attached hydrogens (primary N) is 1. The van der Waals surface area contributed by atoms with Gasteiger partial charge < -0.3 is 15.0 Å². The summed E-state index contributed by atoms with van der Waals surface area (Å²) in [5.74, 6) is 1.25. The molecule has 0 spiro atoms. The normalized spacial score (nSPS) is 10.8. The molecular weight excluding hydrogens is 252 g/mol. The zero-order chi connectivity index (χ0) is 14.7. The minimum Gasteiger partial charge on any atom is -0.496 e. The lowest BCUT2D eigenvalue weighted by Gasteiger charge is -2.14. The first-order valence-corrected chi connectivity index (χ1v) is 6.64. The lowest BCUT2D eigenvalue weighted by molar-refractivity contribution is 0.407. The summed E-state index contributed by atoms with van der Waals surface area (Å²) in [5.41, 5.74) is 8.21. The first-order chi connectivity index (χ1) is 9.51. The fraction of sp³-hybridized carbons (Fsp3) is 0.312. The molecule has 4 heteroatoms. The number of benzene rings is 1. The molecule has 2 rings (SSSR count). The monoisotopic (exact) mass is 272 g/mol. The van der Waals surface area contributed by atoms with Gasteiger partial charge in [-0.1, -0.05) is 26.0 Å². The van der Waals surface area contributed by atoms with E-state index in [9.17, 15) is 4.79 Å². The molecule has 0 radical (unpaired) electrons. The molecule has 2 aromatic rings. The van der Waals surface area contributed by atoms with Gasteiger partial charge in [0.2, 0.25) is 0 Å². The van der Waals surface area contributed by atoms with Gasteiger partial charge in [0, 0.05) is 18.0 Å². The van der Waals surface area contributed by atoms with Crippen LogP contribution in [0.4, 0.5) is 5.69 Å². The third-order valence-corrected chi connectivity index (χ3v) is 3.29. The zero-order valence-electron chi connectivity index (χ0n) is 12.1. The van der Waals surface area contributed by atoms with E-state index in [0.29, 0.717) is 18.2 Å². The maximum absolute atomic E-state index is 11.8. The minimum absolute atomic E-state index is 0.0908. The number of rotatable bonds is 4. The second-order valence-corrected chi connectivity index (χ2v) is 5.16. The van der Waals surface area contributed by atoms with Crippen LogP contribution in [0, 0.1) is 0 Å². The van der Waals surface area contributed by atoms with E-state index in [2.05, 4.69) is 19.9 Å². The van der Waals surface area contributed by atoms with Gasteiger partial charge in [-0.2, -0.15) is 0 Å². The van der Waals surface area contributed by atoms with Crippen molar-refractivity contribution in [3.63, 3.8) is 0 Å². The molecule has 0 unspecified atom stereocenters. The van der Waals surface area contributed by atoms with Crippen LogP contribution in [0.1, 0.15) is 30.9 Å². The Morgan fingerprint density at radius 1 is 1.25 bits per heavy atom. The largest absolute Gasteiger partial charge is 0.496 e. The highest BCUT2D eigenvalue weighted by atomic mass is 16.5. The van der Waals surface area contributed by atoms with Crippen molar-refractivity contribution in [3.05, 3.63) is 58.0 Å². The van der Waals surface area contributed by atoms with Gasteiger partial charge in [-0.05, 0) is 29.2 Å². The van der Waals surface area contributed by atoms with E-state index < -0.39 is 0 Å². The molecule has 0 bridgehead atoms. The molecule has 0 saturated carbocycles. The van der Waals surface area contributed by atoms with E-state index in [1.165, 1.54) is 6.07 Å². The SMILES string of the molecule is COc1ccc(Cn2ccc(N)cc2=O)cc1C(C)C. The van der Waals surface area contributed by atoms with Crippen LogP contribution >= 0.6 is 0 Å². The molecule has 0 aliphatic heterocycles. The van der Waals surface area contributed by atoms with Crippen molar-refractivity contribution in [2.75, 3.05) is 12.8 Å². The molecular formula is C16H20N2O2.